The molecule has 1 atom stereocenters. The van der Waals surface area contributed by atoms with Gasteiger partial charge in [-0.3, -0.25) is 5.41 Å². The largest absolute Gasteiger partial charge is 0.384 e. The van der Waals surface area contributed by atoms with Crippen LogP contribution in [0.4, 0.5) is 5.69 Å². The van der Waals surface area contributed by atoms with Gasteiger partial charge >= 0.3 is 0 Å². The standard InChI is InChI=1S/C14H20BrN3/c1-10-4-3-8-18(9-7-10)12-6-2-5-11(15)13(12)14(16)17/h2,5-6,10H,3-4,7-9H2,1H3,(H3,16,17). The monoisotopic (exact) mass is 309 g/mol. The number of benzene rings is 1. The lowest BCUT2D eigenvalue weighted by molar-refractivity contribution is 0.521. The fourth-order valence-corrected chi connectivity index (χ4v) is 3.12. The maximum Gasteiger partial charge on any atom is 0.126 e. The number of hydrogen-bond acceptors (Lipinski definition) is 2. The Balaban J connectivity index is 2.32. The van der Waals surface area contributed by atoms with Crippen molar-refractivity contribution in [2.24, 2.45) is 11.7 Å². The normalized spacial score (nSPS) is 20.6. The van der Waals surface area contributed by atoms with E-state index in [0.29, 0.717) is 0 Å². The van der Waals surface area contributed by atoms with Crippen LogP contribution in [0.15, 0.2) is 22.7 Å². The highest BCUT2D eigenvalue weighted by atomic mass is 79.9. The molecule has 0 bridgehead atoms. The Hall–Kier alpha value is -1.03. The summed E-state index contributed by atoms with van der Waals surface area (Å²) in [5.41, 5.74) is 7.63. The summed E-state index contributed by atoms with van der Waals surface area (Å²) in [4.78, 5) is 2.37. The average Bonchev–Trinajstić information content (AvgIpc) is 2.53. The Morgan fingerprint density at radius 1 is 1.39 bits per heavy atom. The molecule has 1 saturated heterocycles. The molecule has 3 nitrogen and oxygen atoms in total. The Bertz CT molecular complexity index is 445. The number of rotatable bonds is 2. The second-order valence-corrected chi connectivity index (χ2v) is 5.93. The highest BCUT2D eigenvalue weighted by Crippen LogP contribution is 2.30. The van der Waals surface area contributed by atoms with Crippen molar-refractivity contribution < 1.29 is 0 Å². The fourth-order valence-electron chi connectivity index (χ4n) is 2.55. The lowest BCUT2D eigenvalue weighted by Crippen LogP contribution is -2.27. The van der Waals surface area contributed by atoms with Crippen molar-refractivity contribution in [1.29, 1.82) is 5.41 Å². The predicted octanol–water partition coefficient (Wildman–Crippen LogP) is 3.36. The maximum absolute atomic E-state index is 7.75. The quantitative estimate of drug-likeness (QED) is 0.650. The predicted molar refractivity (Wildman–Crippen MR) is 80.4 cm³/mol. The zero-order chi connectivity index (χ0) is 13.1. The maximum atomic E-state index is 7.75. The molecule has 0 radical (unpaired) electrons. The number of nitrogens with two attached hydrogens (primary N) is 1. The number of nitrogen functional groups attached to an aromatic ring is 1. The molecule has 0 aromatic heterocycles. The molecule has 98 valence electrons. The Morgan fingerprint density at radius 2 is 2.17 bits per heavy atom. The molecule has 1 aliphatic rings. The van der Waals surface area contributed by atoms with E-state index in [9.17, 15) is 0 Å². The highest BCUT2D eigenvalue weighted by Gasteiger charge is 2.18. The van der Waals surface area contributed by atoms with Gasteiger partial charge in [-0.15, -0.1) is 0 Å². The second-order valence-electron chi connectivity index (χ2n) is 5.07. The molecule has 0 spiro atoms. The topological polar surface area (TPSA) is 53.1 Å². The van der Waals surface area contributed by atoms with Gasteiger partial charge in [0.1, 0.15) is 5.84 Å². The molecular weight excluding hydrogens is 290 g/mol. The molecule has 1 aromatic carbocycles. The molecule has 0 amide bonds. The first-order valence-corrected chi connectivity index (χ1v) is 7.26. The molecule has 1 fully saturated rings. The summed E-state index contributed by atoms with van der Waals surface area (Å²) in [6.07, 6.45) is 3.72. The summed E-state index contributed by atoms with van der Waals surface area (Å²) in [7, 11) is 0. The summed E-state index contributed by atoms with van der Waals surface area (Å²) >= 11 is 3.50. The number of anilines is 1. The zero-order valence-electron chi connectivity index (χ0n) is 10.7. The minimum absolute atomic E-state index is 0.134. The first kappa shape index (κ1) is 13.4. The number of nitrogens with one attached hydrogen (secondary N) is 1. The van der Waals surface area contributed by atoms with Crippen LogP contribution >= 0.6 is 15.9 Å². The van der Waals surface area contributed by atoms with Gasteiger partial charge in [-0.2, -0.15) is 0 Å². The van der Waals surface area contributed by atoms with Crippen LogP contribution in [-0.2, 0) is 0 Å². The molecule has 3 N–H and O–H groups in total. The van der Waals surface area contributed by atoms with Crippen molar-refractivity contribution in [2.45, 2.75) is 26.2 Å². The van der Waals surface area contributed by atoms with E-state index in [1.165, 1.54) is 19.3 Å². The average molecular weight is 310 g/mol. The summed E-state index contributed by atoms with van der Waals surface area (Å²) in [5, 5.41) is 7.75. The van der Waals surface area contributed by atoms with Gasteiger partial charge in [-0.25, -0.2) is 0 Å². The zero-order valence-corrected chi connectivity index (χ0v) is 12.3. The molecule has 1 aliphatic heterocycles. The van der Waals surface area contributed by atoms with Crippen LogP contribution in [0.25, 0.3) is 0 Å². The van der Waals surface area contributed by atoms with E-state index in [1.54, 1.807) is 0 Å². The van der Waals surface area contributed by atoms with Crippen molar-refractivity contribution in [3.05, 3.63) is 28.2 Å². The molecule has 4 heteroatoms. The Kier molecular flexibility index (Phi) is 4.27. The lowest BCUT2D eigenvalue weighted by atomic mass is 10.0. The van der Waals surface area contributed by atoms with Gasteiger partial charge < -0.3 is 10.6 Å². The smallest absolute Gasteiger partial charge is 0.126 e. The highest BCUT2D eigenvalue weighted by molar-refractivity contribution is 9.10. The minimum atomic E-state index is 0.134. The van der Waals surface area contributed by atoms with Crippen molar-refractivity contribution in [3.8, 4) is 0 Å². The van der Waals surface area contributed by atoms with Gasteiger partial charge in [0.25, 0.3) is 0 Å². The minimum Gasteiger partial charge on any atom is -0.384 e. The summed E-state index contributed by atoms with van der Waals surface area (Å²) in [6.45, 7) is 4.43. The summed E-state index contributed by atoms with van der Waals surface area (Å²) in [5.74, 6) is 0.928. The number of nitrogens with zero attached hydrogens (tertiary/aromatic N) is 1. The van der Waals surface area contributed by atoms with E-state index in [1.807, 2.05) is 12.1 Å². The first-order chi connectivity index (χ1) is 8.59. The molecule has 2 rings (SSSR count). The van der Waals surface area contributed by atoms with Gasteiger partial charge in [0.05, 0.1) is 5.56 Å². The summed E-state index contributed by atoms with van der Waals surface area (Å²) < 4.78 is 0.907. The molecule has 1 heterocycles. The van der Waals surface area contributed by atoms with Crippen molar-refractivity contribution in [3.63, 3.8) is 0 Å². The molecule has 1 aromatic rings. The van der Waals surface area contributed by atoms with E-state index < -0.39 is 0 Å². The molecule has 18 heavy (non-hydrogen) atoms. The van der Waals surface area contributed by atoms with Gasteiger partial charge in [0, 0.05) is 23.2 Å². The van der Waals surface area contributed by atoms with Crippen LogP contribution in [0.1, 0.15) is 31.7 Å². The van der Waals surface area contributed by atoms with Crippen LogP contribution in [0, 0.1) is 11.3 Å². The molecule has 0 aliphatic carbocycles. The van der Waals surface area contributed by atoms with Crippen LogP contribution in [0.5, 0.6) is 0 Å². The SMILES string of the molecule is CC1CCCN(c2cccc(Br)c2C(=N)N)CC1. The van der Waals surface area contributed by atoms with Gasteiger partial charge in [-0.1, -0.05) is 13.0 Å². The van der Waals surface area contributed by atoms with Crippen LogP contribution < -0.4 is 10.6 Å². The van der Waals surface area contributed by atoms with Gasteiger partial charge in [0.2, 0.25) is 0 Å². The molecular formula is C14H20BrN3. The van der Waals surface area contributed by atoms with E-state index in [-0.39, 0.29) is 5.84 Å². The number of amidine groups is 1. The van der Waals surface area contributed by atoms with Gasteiger partial charge in [0.15, 0.2) is 0 Å². The van der Waals surface area contributed by atoms with Crippen LogP contribution in [0.2, 0.25) is 0 Å². The third kappa shape index (κ3) is 2.86. The lowest BCUT2D eigenvalue weighted by Gasteiger charge is -2.25. The van der Waals surface area contributed by atoms with Crippen molar-refractivity contribution in [2.75, 3.05) is 18.0 Å². The number of hydrogen-bond donors (Lipinski definition) is 2. The Labute approximate surface area is 117 Å². The van der Waals surface area contributed by atoms with Crippen LogP contribution in [-0.4, -0.2) is 18.9 Å². The third-order valence-electron chi connectivity index (χ3n) is 3.62. The van der Waals surface area contributed by atoms with E-state index in [4.69, 9.17) is 11.1 Å². The summed E-state index contributed by atoms with van der Waals surface area (Å²) in [6, 6.07) is 6.03. The fraction of sp³-hybridized carbons (Fsp3) is 0.500. The van der Waals surface area contributed by atoms with E-state index >= 15 is 0 Å². The van der Waals surface area contributed by atoms with Crippen molar-refractivity contribution in [1.82, 2.24) is 0 Å². The van der Waals surface area contributed by atoms with Crippen LogP contribution in [0.3, 0.4) is 0 Å². The Morgan fingerprint density at radius 3 is 2.89 bits per heavy atom. The third-order valence-corrected chi connectivity index (χ3v) is 4.28. The van der Waals surface area contributed by atoms with Crippen molar-refractivity contribution >= 4 is 27.5 Å². The van der Waals surface area contributed by atoms with E-state index in [2.05, 4.69) is 33.8 Å². The van der Waals surface area contributed by atoms with E-state index in [0.717, 1.165) is 34.7 Å². The van der Waals surface area contributed by atoms with Gasteiger partial charge in [-0.05, 0) is 53.2 Å². The second kappa shape index (κ2) is 5.74. The molecule has 1 unspecified atom stereocenters. The molecule has 0 saturated carbocycles. The first-order valence-electron chi connectivity index (χ1n) is 6.47. The number of halogens is 1.